The van der Waals surface area contributed by atoms with E-state index in [0.29, 0.717) is 13.1 Å². The molecule has 162 valence electrons. The number of nitrogens with zero attached hydrogens (tertiary/aromatic N) is 2. The third-order valence-corrected chi connectivity index (χ3v) is 4.71. The van der Waals surface area contributed by atoms with E-state index in [1.807, 2.05) is 49.3 Å². The van der Waals surface area contributed by atoms with Gasteiger partial charge < -0.3 is 15.5 Å². The summed E-state index contributed by atoms with van der Waals surface area (Å²) >= 11 is 0. The Balaban J connectivity index is 1.88. The van der Waals surface area contributed by atoms with Crippen molar-refractivity contribution in [2.45, 2.75) is 13.0 Å². The van der Waals surface area contributed by atoms with E-state index in [1.54, 1.807) is 11.8 Å². The first kappa shape index (κ1) is 23.4. The molecule has 0 aromatic heterocycles. The van der Waals surface area contributed by atoms with Crippen LogP contribution in [0.5, 0.6) is 0 Å². The van der Waals surface area contributed by atoms with Crippen LogP contribution in [0.4, 0.5) is 14.5 Å². The molecule has 0 aliphatic heterocycles. The highest BCUT2D eigenvalue weighted by molar-refractivity contribution is 5.92. The second-order valence-electron chi connectivity index (χ2n) is 7.14. The van der Waals surface area contributed by atoms with Gasteiger partial charge >= 0.3 is 0 Å². The van der Waals surface area contributed by atoms with Crippen LogP contribution in [0.25, 0.3) is 0 Å². The van der Waals surface area contributed by atoms with E-state index in [0.717, 1.165) is 17.7 Å². The quantitative estimate of drug-likeness (QED) is 0.623. The highest BCUT2D eigenvalue weighted by Crippen LogP contribution is 2.18. The lowest BCUT2D eigenvalue weighted by Crippen LogP contribution is -2.43. The van der Waals surface area contributed by atoms with Crippen LogP contribution in [-0.4, -0.2) is 61.9 Å². The van der Waals surface area contributed by atoms with Crippen LogP contribution in [0.1, 0.15) is 18.5 Å². The Bertz CT molecular complexity index is 826. The van der Waals surface area contributed by atoms with Crippen LogP contribution < -0.4 is 10.6 Å². The number of carbonyl (C=O) groups is 2. The molecule has 0 heterocycles. The van der Waals surface area contributed by atoms with Gasteiger partial charge in [0.1, 0.15) is 17.3 Å². The predicted molar refractivity (Wildman–Crippen MR) is 113 cm³/mol. The fourth-order valence-electron chi connectivity index (χ4n) is 3.02. The van der Waals surface area contributed by atoms with Gasteiger partial charge in [0, 0.05) is 6.54 Å². The van der Waals surface area contributed by atoms with Gasteiger partial charge in [-0.2, -0.15) is 0 Å². The SMILES string of the molecule is CCN(CC(=O)NCC(c1ccccc1)N(C)C)CC(=O)Nc1c(F)cccc1F. The summed E-state index contributed by atoms with van der Waals surface area (Å²) in [5, 5.41) is 5.13. The predicted octanol–water partition coefficient (Wildman–Crippen LogP) is 2.64. The Morgan fingerprint density at radius 3 is 2.10 bits per heavy atom. The first-order chi connectivity index (χ1) is 14.3. The fourth-order valence-corrected chi connectivity index (χ4v) is 3.02. The van der Waals surface area contributed by atoms with Crippen molar-refractivity contribution >= 4 is 17.5 Å². The molecule has 0 radical (unpaired) electrons. The molecule has 2 N–H and O–H groups in total. The maximum Gasteiger partial charge on any atom is 0.238 e. The van der Waals surface area contributed by atoms with Crippen LogP contribution >= 0.6 is 0 Å². The standard InChI is InChI=1S/C22H28F2N4O2/c1-4-28(15-21(30)26-22-17(23)11-8-12-18(22)24)14-20(29)25-13-19(27(2)3)16-9-6-5-7-10-16/h5-12,19H,4,13-15H2,1-3H3,(H,25,29)(H,26,30). The van der Waals surface area contributed by atoms with Crippen molar-refractivity contribution < 1.29 is 18.4 Å². The summed E-state index contributed by atoms with van der Waals surface area (Å²) < 4.78 is 27.4. The molecule has 0 spiro atoms. The fraction of sp³-hybridized carbons (Fsp3) is 0.364. The number of benzene rings is 2. The van der Waals surface area contributed by atoms with Gasteiger partial charge in [0.15, 0.2) is 0 Å². The zero-order valence-corrected chi connectivity index (χ0v) is 17.5. The molecule has 0 bridgehead atoms. The minimum Gasteiger partial charge on any atom is -0.353 e. The highest BCUT2D eigenvalue weighted by Gasteiger charge is 2.18. The summed E-state index contributed by atoms with van der Waals surface area (Å²) in [5.74, 6) is -2.52. The van der Waals surface area contributed by atoms with E-state index in [1.165, 1.54) is 6.07 Å². The van der Waals surface area contributed by atoms with Crippen LogP contribution in [0.2, 0.25) is 0 Å². The normalized spacial score (nSPS) is 12.1. The van der Waals surface area contributed by atoms with Gasteiger partial charge in [0.25, 0.3) is 0 Å². The second kappa shape index (κ2) is 11.4. The molecule has 2 rings (SSSR count). The zero-order valence-electron chi connectivity index (χ0n) is 17.5. The number of halogens is 2. The number of rotatable bonds is 10. The van der Waals surface area contributed by atoms with Gasteiger partial charge in [0.05, 0.1) is 19.1 Å². The van der Waals surface area contributed by atoms with E-state index in [2.05, 4.69) is 10.6 Å². The van der Waals surface area contributed by atoms with E-state index < -0.39 is 23.2 Å². The molecule has 8 heteroatoms. The van der Waals surface area contributed by atoms with Crippen molar-refractivity contribution in [2.24, 2.45) is 0 Å². The number of amides is 2. The van der Waals surface area contributed by atoms with Crippen molar-refractivity contribution in [3.05, 3.63) is 65.7 Å². The Labute approximate surface area is 175 Å². The molecule has 2 aromatic carbocycles. The maximum absolute atomic E-state index is 13.7. The molecule has 0 saturated carbocycles. The van der Waals surface area contributed by atoms with E-state index in [4.69, 9.17) is 0 Å². The largest absolute Gasteiger partial charge is 0.353 e. The van der Waals surface area contributed by atoms with Gasteiger partial charge in [-0.05, 0) is 38.3 Å². The van der Waals surface area contributed by atoms with E-state index >= 15 is 0 Å². The van der Waals surface area contributed by atoms with Crippen LogP contribution in [0.3, 0.4) is 0 Å². The Kier molecular flexibility index (Phi) is 8.89. The van der Waals surface area contributed by atoms with Gasteiger partial charge in [-0.15, -0.1) is 0 Å². The molecule has 0 fully saturated rings. The number of anilines is 1. The Morgan fingerprint density at radius 2 is 1.53 bits per heavy atom. The summed E-state index contributed by atoms with van der Waals surface area (Å²) in [6, 6.07) is 13.2. The zero-order chi connectivity index (χ0) is 22.1. The molecule has 6 nitrogen and oxygen atoms in total. The summed E-state index contributed by atoms with van der Waals surface area (Å²) in [4.78, 5) is 28.2. The first-order valence-corrected chi connectivity index (χ1v) is 9.76. The van der Waals surface area contributed by atoms with Crippen LogP contribution in [0.15, 0.2) is 48.5 Å². The average Bonchev–Trinajstić information content (AvgIpc) is 2.71. The lowest BCUT2D eigenvalue weighted by molar-refractivity contribution is -0.123. The number of para-hydroxylation sites is 1. The summed E-state index contributed by atoms with van der Waals surface area (Å²) in [7, 11) is 3.88. The topological polar surface area (TPSA) is 64.7 Å². The number of likely N-dealkylation sites (N-methyl/N-ethyl adjacent to an activating group) is 2. The third-order valence-electron chi connectivity index (χ3n) is 4.71. The Morgan fingerprint density at radius 1 is 0.933 bits per heavy atom. The van der Waals surface area contributed by atoms with Crippen LogP contribution in [0, 0.1) is 11.6 Å². The molecular weight excluding hydrogens is 390 g/mol. The molecule has 2 amide bonds. The number of carbonyl (C=O) groups excluding carboxylic acids is 2. The lowest BCUT2D eigenvalue weighted by atomic mass is 10.1. The Hall–Kier alpha value is -2.84. The summed E-state index contributed by atoms with van der Waals surface area (Å²) in [6.45, 7) is 2.49. The van der Waals surface area contributed by atoms with Crippen LogP contribution in [-0.2, 0) is 9.59 Å². The second-order valence-corrected chi connectivity index (χ2v) is 7.14. The molecule has 30 heavy (non-hydrogen) atoms. The van der Waals surface area contributed by atoms with E-state index in [9.17, 15) is 18.4 Å². The van der Waals surface area contributed by atoms with Crippen molar-refractivity contribution in [3.63, 3.8) is 0 Å². The lowest BCUT2D eigenvalue weighted by Gasteiger charge is -2.26. The average molecular weight is 418 g/mol. The van der Waals surface area contributed by atoms with Crippen molar-refractivity contribution in [1.29, 1.82) is 0 Å². The molecular formula is C22H28F2N4O2. The molecule has 0 saturated heterocycles. The summed E-state index contributed by atoms with van der Waals surface area (Å²) in [6.07, 6.45) is 0. The van der Waals surface area contributed by atoms with Gasteiger partial charge in [-0.3, -0.25) is 14.5 Å². The van der Waals surface area contributed by atoms with E-state index in [-0.39, 0.29) is 25.0 Å². The third kappa shape index (κ3) is 6.89. The van der Waals surface area contributed by atoms with Gasteiger partial charge in [0.2, 0.25) is 11.8 Å². The number of nitrogens with one attached hydrogen (secondary N) is 2. The number of hydrogen-bond donors (Lipinski definition) is 2. The minimum absolute atomic E-state index is 0.00138. The highest BCUT2D eigenvalue weighted by atomic mass is 19.1. The smallest absolute Gasteiger partial charge is 0.238 e. The maximum atomic E-state index is 13.7. The molecule has 0 aliphatic rings. The minimum atomic E-state index is -0.847. The molecule has 1 atom stereocenters. The summed E-state index contributed by atoms with van der Waals surface area (Å²) in [5.41, 5.74) is 0.598. The molecule has 1 unspecified atom stereocenters. The molecule has 0 aliphatic carbocycles. The van der Waals surface area contributed by atoms with Crippen molar-refractivity contribution in [1.82, 2.24) is 15.1 Å². The van der Waals surface area contributed by atoms with Crippen molar-refractivity contribution in [3.8, 4) is 0 Å². The monoisotopic (exact) mass is 418 g/mol. The first-order valence-electron chi connectivity index (χ1n) is 9.76. The number of hydrogen-bond acceptors (Lipinski definition) is 4. The van der Waals surface area contributed by atoms with Crippen molar-refractivity contribution in [2.75, 3.05) is 45.6 Å². The van der Waals surface area contributed by atoms with Gasteiger partial charge in [-0.1, -0.05) is 43.3 Å². The molecule has 2 aromatic rings. The van der Waals surface area contributed by atoms with Gasteiger partial charge in [-0.25, -0.2) is 8.78 Å².